The van der Waals surface area contributed by atoms with Gasteiger partial charge in [0.15, 0.2) is 0 Å². The Balaban J connectivity index is 1.65. The molecule has 2 saturated heterocycles. The van der Waals surface area contributed by atoms with Crippen molar-refractivity contribution < 1.29 is 14.3 Å². The maximum Gasteiger partial charge on any atom is 0.408 e. The monoisotopic (exact) mass is 416 g/mol. The van der Waals surface area contributed by atoms with Gasteiger partial charge in [0.2, 0.25) is 5.91 Å². The maximum absolute atomic E-state index is 13.0. The third kappa shape index (κ3) is 6.19. The van der Waals surface area contributed by atoms with E-state index in [4.69, 9.17) is 4.74 Å². The van der Waals surface area contributed by atoms with Gasteiger partial charge in [-0.2, -0.15) is 0 Å². The molecule has 2 amide bonds. The fourth-order valence-corrected chi connectivity index (χ4v) is 4.32. The van der Waals surface area contributed by atoms with Gasteiger partial charge in [-0.05, 0) is 59.3 Å². The van der Waals surface area contributed by atoms with Crippen LogP contribution >= 0.6 is 0 Å². The van der Waals surface area contributed by atoms with Crippen LogP contribution in [0.2, 0.25) is 0 Å². The van der Waals surface area contributed by atoms with Gasteiger partial charge in [-0.15, -0.1) is 0 Å². The highest BCUT2D eigenvalue weighted by Gasteiger charge is 2.35. The average molecular weight is 417 g/mol. The molecule has 1 aromatic rings. The molecule has 0 aliphatic carbocycles. The molecule has 166 valence electrons. The molecule has 2 heterocycles. The lowest BCUT2D eigenvalue weighted by Gasteiger charge is -2.46. The number of likely N-dealkylation sites (tertiary alicyclic amines) is 1. The number of hydrogen-bond acceptors (Lipinski definition) is 5. The van der Waals surface area contributed by atoms with Crippen LogP contribution in [0.15, 0.2) is 30.3 Å². The van der Waals surface area contributed by atoms with Gasteiger partial charge in [-0.25, -0.2) is 4.79 Å². The van der Waals surface area contributed by atoms with Gasteiger partial charge in [0.25, 0.3) is 0 Å². The normalized spacial score (nSPS) is 22.0. The Morgan fingerprint density at radius 3 is 2.37 bits per heavy atom. The van der Waals surface area contributed by atoms with Crippen molar-refractivity contribution in [2.24, 2.45) is 0 Å². The van der Waals surface area contributed by atoms with Crippen LogP contribution in [0.25, 0.3) is 0 Å². The Labute approximate surface area is 180 Å². The summed E-state index contributed by atoms with van der Waals surface area (Å²) >= 11 is 0. The van der Waals surface area contributed by atoms with E-state index in [9.17, 15) is 9.59 Å². The molecule has 7 nitrogen and oxygen atoms in total. The second-order valence-electron chi connectivity index (χ2n) is 9.40. The SMILES string of the molecule is CN1CCC(N2CCN(C(=O)CNC(=O)OC(C)(C)C)C(c3ccccc3)C2)CC1. The lowest BCUT2D eigenvalue weighted by atomic mass is 9.97. The van der Waals surface area contributed by atoms with Crippen molar-refractivity contribution in [2.75, 3.05) is 46.3 Å². The Hall–Kier alpha value is -2.12. The first-order chi connectivity index (χ1) is 14.2. The number of carbonyl (C=O) groups is 2. The molecule has 2 fully saturated rings. The summed E-state index contributed by atoms with van der Waals surface area (Å²) in [7, 11) is 2.18. The fourth-order valence-electron chi connectivity index (χ4n) is 4.32. The third-order valence-corrected chi connectivity index (χ3v) is 5.90. The van der Waals surface area contributed by atoms with Gasteiger partial charge in [0, 0.05) is 25.7 Å². The minimum absolute atomic E-state index is 0.00690. The van der Waals surface area contributed by atoms with E-state index in [1.54, 1.807) is 0 Å². The van der Waals surface area contributed by atoms with Crippen molar-refractivity contribution >= 4 is 12.0 Å². The number of nitrogens with zero attached hydrogens (tertiary/aromatic N) is 3. The maximum atomic E-state index is 13.0. The van der Waals surface area contributed by atoms with Crippen molar-refractivity contribution in [1.82, 2.24) is 20.0 Å². The van der Waals surface area contributed by atoms with E-state index in [2.05, 4.69) is 34.3 Å². The zero-order chi connectivity index (χ0) is 21.7. The summed E-state index contributed by atoms with van der Waals surface area (Å²) in [5.41, 5.74) is 0.556. The van der Waals surface area contributed by atoms with Gasteiger partial charge < -0.3 is 19.9 Å². The largest absolute Gasteiger partial charge is 0.444 e. The number of hydrogen-bond donors (Lipinski definition) is 1. The van der Waals surface area contributed by atoms with Crippen LogP contribution in [0.5, 0.6) is 0 Å². The third-order valence-electron chi connectivity index (χ3n) is 5.90. The average Bonchev–Trinajstić information content (AvgIpc) is 2.71. The van der Waals surface area contributed by atoms with E-state index in [-0.39, 0.29) is 18.5 Å². The molecule has 7 heteroatoms. The van der Waals surface area contributed by atoms with Crippen molar-refractivity contribution in [3.05, 3.63) is 35.9 Å². The van der Waals surface area contributed by atoms with E-state index in [0.29, 0.717) is 12.6 Å². The van der Waals surface area contributed by atoms with Gasteiger partial charge in [0.1, 0.15) is 12.1 Å². The molecule has 2 aliphatic rings. The highest BCUT2D eigenvalue weighted by molar-refractivity contribution is 5.82. The van der Waals surface area contributed by atoms with E-state index in [1.165, 1.54) is 12.8 Å². The number of benzene rings is 1. The molecule has 0 spiro atoms. The molecule has 1 unspecified atom stereocenters. The van der Waals surface area contributed by atoms with Gasteiger partial charge >= 0.3 is 6.09 Å². The zero-order valence-corrected chi connectivity index (χ0v) is 18.8. The molecule has 1 N–H and O–H groups in total. The molecule has 3 rings (SSSR count). The second kappa shape index (κ2) is 9.79. The van der Waals surface area contributed by atoms with E-state index >= 15 is 0 Å². The first-order valence-corrected chi connectivity index (χ1v) is 11.0. The summed E-state index contributed by atoms with van der Waals surface area (Å²) in [6, 6.07) is 10.8. The fraction of sp³-hybridized carbons (Fsp3) is 0.652. The number of amides is 2. The minimum atomic E-state index is -0.584. The number of alkyl carbamates (subject to hydrolysis) is 1. The van der Waals surface area contributed by atoms with Crippen LogP contribution < -0.4 is 5.32 Å². The topological polar surface area (TPSA) is 65.1 Å². The van der Waals surface area contributed by atoms with Crippen LogP contribution in [0.3, 0.4) is 0 Å². The second-order valence-corrected chi connectivity index (χ2v) is 9.40. The number of piperidine rings is 1. The Morgan fingerprint density at radius 1 is 1.07 bits per heavy atom. The van der Waals surface area contributed by atoms with E-state index in [1.807, 2.05) is 43.9 Å². The van der Waals surface area contributed by atoms with Crippen molar-refractivity contribution in [3.8, 4) is 0 Å². The van der Waals surface area contributed by atoms with Crippen molar-refractivity contribution in [1.29, 1.82) is 0 Å². The van der Waals surface area contributed by atoms with Gasteiger partial charge in [-0.1, -0.05) is 30.3 Å². The smallest absolute Gasteiger partial charge is 0.408 e. The lowest BCUT2D eigenvalue weighted by Crippen LogP contribution is -2.56. The zero-order valence-electron chi connectivity index (χ0n) is 18.8. The van der Waals surface area contributed by atoms with Crippen LogP contribution in [-0.4, -0.2) is 84.7 Å². The quantitative estimate of drug-likeness (QED) is 0.817. The van der Waals surface area contributed by atoms with E-state index in [0.717, 1.165) is 31.7 Å². The highest BCUT2D eigenvalue weighted by atomic mass is 16.6. The van der Waals surface area contributed by atoms with Crippen LogP contribution in [-0.2, 0) is 9.53 Å². The van der Waals surface area contributed by atoms with Crippen LogP contribution in [0, 0.1) is 0 Å². The molecule has 1 atom stereocenters. The van der Waals surface area contributed by atoms with Crippen molar-refractivity contribution in [2.45, 2.75) is 51.3 Å². The summed E-state index contributed by atoms with van der Waals surface area (Å²) in [5, 5.41) is 2.62. The molecule has 2 aliphatic heterocycles. The Morgan fingerprint density at radius 2 is 1.73 bits per heavy atom. The molecular formula is C23H36N4O3. The number of nitrogens with one attached hydrogen (secondary N) is 1. The van der Waals surface area contributed by atoms with Crippen LogP contribution in [0.1, 0.15) is 45.2 Å². The summed E-state index contributed by atoms with van der Waals surface area (Å²) in [6.45, 7) is 9.99. The molecule has 1 aromatic carbocycles. The molecule has 0 radical (unpaired) electrons. The molecule has 0 saturated carbocycles. The van der Waals surface area contributed by atoms with Gasteiger partial charge in [-0.3, -0.25) is 9.69 Å². The minimum Gasteiger partial charge on any atom is -0.444 e. The molecule has 0 bridgehead atoms. The molecule has 0 aromatic heterocycles. The first-order valence-electron chi connectivity index (χ1n) is 11.0. The Bertz CT molecular complexity index is 711. The van der Waals surface area contributed by atoms with E-state index < -0.39 is 11.7 Å². The number of carbonyl (C=O) groups excluding carboxylic acids is 2. The lowest BCUT2D eigenvalue weighted by molar-refractivity contribution is -0.136. The number of piperazine rings is 1. The van der Waals surface area contributed by atoms with Crippen molar-refractivity contribution in [3.63, 3.8) is 0 Å². The van der Waals surface area contributed by atoms with Gasteiger partial charge in [0.05, 0.1) is 6.04 Å². The summed E-state index contributed by atoms with van der Waals surface area (Å²) in [5.74, 6) is -0.0715. The Kier molecular flexibility index (Phi) is 7.36. The summed E-state index contributed by atoms with van der Waals surface area (Å²) < 4.78 is 5.26. The number of ether oxygens (including phenoxy) is 1. The standard InChI is InChI=1S/C23H36N4O3/c1-23(2,3)30-22(29)24-16-21(28)27-15-14-26(19-10-12-25(4)13-11-19)17-20(27)18-8-6-5-7-9-18/h5-9,19-20H,10-17H2,1-4H3,(H,24,29). The summed E-state index contributed by atoms with van der Waals surface area (Å²) in [6.07, 6.45) is 1.79. The molecule has 30 heavy (non-hydrogen) atoms. The predicted molar refractivity (Wildman–Crippen MR) is 117 cm³/mol. The predicted octanol–water partition coefficient (Wildman–Crippen LogP) is 2.49. The molecular weight excluding hydrogens is 380 g/mol. The van der Waals surface area contributed by atoms with Crippen LogP contribution in [0.4, 0.5) is 4.79 Å². The highest BCUT2D eigenvalue weighted by Crippen LogP contribution is 2.28. The number of rotatable bonds is 4. The first kappa shape index (κ1) is 22.6. The summed E-state index contributed by atoms with van der Waals surface area (Å²) in [4.78, 5) is 31.8.